The van der Waals surface area contributed by atoms with E-state index in [1.54, 1.807) is 24.3 Å². The molecule has 150 valence electrons. The quantitative estimate of drug-likeness (QED) is 0.461. The van der Waals surface area contributed by atoms with Crippen molar-refractivity contribution in [3.05, 3.63) is 59.4 Å². The Morgan fingerprint density at radius 1 is 1.14 bits per heavy atom. The fourth-order valence-corrected chi connectivity index (χ4v) is 3.08. The molecule has 3 rings (SSSR count). The summed E-state index contributed by atoms with van der Waals surface area (Å²) >= 11 is 5.08. The van der Waals surface area contributed by atoms with Crippen LogP contribution in [0.25, 0.3) is 6.08 Å². The number of rotatable bonds is 5. The number of carbonyl (C=O) groups is 2. The van der Waals surface area contributed by atoms with Crippen LogP contribution in [-0.4, -0.2) is 30.1 Å². The highest BCUT2D eigenvalue weighted by molar-refractivity contribution is 7.80. The highest BCUT2D eigenvalue weighted by Crippen LogP contribution is 2.31. The molecule has 6 nitrogen and oxygen atoms in total. The van der Waals surface area contributed by atoms with Gasteiger partial charge in [-0.1, -0.05) is 18.2 Å². The van der Waals surface area contributed by atoms with E-state index in [1.807, 2.05) is 13.8 Å². The van der Waals surface area contributed by atoms with Crippen molar-refractivity contribution in [2.45, 2.75) is 20.0 Å². The molecule has 1 fully saturated rings. The number of hydrogen-bond acceptors (Lipinski definition) is 5. The minimum atomic E-state index is -0.717. The van der Waals surface area contributed by atoms with Crippen LogP contribution < -0.4 is 19.7 Å². The van der Waals surface area contributed by atoms with E-state index in [2.05, 4.69) is 5.32 Å². The fourth-order valence-electron chi connectivity index (χ4n) is 2.80. The van der Waals surface area contributed by atoms with Crippen molar-refractivity contribution in [2.75, 3.05) is 12.0 Å². The maximum absolute atomic E-state index is 14.2. The van der Waals surface area contributed by atoms with Gasteiger partial charge in [0.15, 0.2) is 16.6 Å². The molecule has 0 bridgehead atoms. The third kappa shape index (κ3) is 4.27. The smallest absolute Gasteiger partial charge is 0.270 e. The summed E-state index contributed by atoms with van der Waals surface area (Å²) in [6.07, 6.45) is 1.35. The lowest BCUT2D eigenvalue weighted by Crippen LogP contribution is -2.54. The molecule has 0 saturated carbocycles. The van der Waals surface area contributed by atoms with Gasteiger partial charge in [0.05, 0.1) is 18.9 Å². The van der Waals surface area contributed by atoms with Gasteiger partial charge in [-0.25, -0.2) is 9.29 Å². The summed E-state index contributed by atoms with van der Waals surface area (Å²) in [5.74, 6) is -1.01. The van der Waals surface area contributed by atoms with Gasteiger partial charge in [0.25, 0.3) is 11.8 Å². The molecular formula is C21H19FN2O4S. The van der Waals surface area contributed by atoms with E-state index in [4.69, 9.17) is 21.7 Å². The Morgan fingerprint density at radius 2 is 1.86 bits per heavy atom. The van der Waals surface area contributed by atoms with Gasteiger partial charge in [0.1, 0.15) is 11.4 Å². The molecule has 2 aromatic carbocycles. The van der Waals surface area contributed by atoms with Gasteiger partial charge >= 0.3 is 0 Å². The predicted molar refractivity (Wildman–Crippen MR) is 111 cm³/mol. The number of nitrogens with zero attached hydrogens (tertiary/aromatic N) is 1. The largest absolute Gasteiger partial charge is 0.493 e. The Bertz CT molecular complexity index is 1020. The van der Waals surface area contributed by atoms with Gasteiger partial charge in [-0.15, -0.1) is 0 Å². The second-order valence-corrected chi connectivity index (χ2v) is 6.87. The van der Waals surface area contributed by atoms with Crippen LogP contribution >= 0.6 is 12.2 Å². The number of anilines is 1. The topological polar surface area (TPSA) is 67.9 Å². The molecule has 0 spiro atoms. The normalized spacial score (nSPS) is 15.7. The van der Waals surface area contributed by atoms with E-state index in [-0.39, 0.29) is 22.5 Å². The molecule has 8 heteroatoms. The van der Waals surface area contributed by atoms with Crippen LogP contribution in [0.1, 0.15) is 19.4 Å². The zero-order valence-electron chi connectivity index (χ0n) is 16.1. The number of carbonyl (C=O) groups excluding carboxylic acids is 2. The lowest BCUT2D eigenvalue weighted by molar-refractivity contribution is -0.122. The van der Waals surface area contributed by atoms with Crippen molar-refractivity contribution in [1.82, 2.24) is 5.32 Å². The number of amides is 2. The molecule has 29 heavy (non-hydrogen) atoms. The molecule has 0 aliphatic carbocycles. The van der Waals surface area contributed by atoms with Gasteiger partial charge in [0.2, 0.25) is 0 Å². The van der Waals surface area contributed by atoms with E-state index in [1.165, 1.54) is 31.4 Å². The number of ether oxygens (including phenoxy) is 2. The van der Waals surface area contributed by atoms with Gasteiger partial charge in [-0.3, -0.25) is 14.9 Å². The molecule has 0 unspecified atom stereocenters. The lowest BCUT2D eigenvalue weighted by Gasteiger charge is -2.29. The highest BCUT2D eigenvalue weighted by atomic mass is 32.1. The summed E-state index contributed by atoms with van der Waals surface area (Å²) in [5.41, 5.74) is 0.325. The van der Waals surface area contributed by atoms with Crippen molar-refractivity contribution in [1.29, 1.82) is 0 Å². The number of benzene rings is 2. The van der Waals surface area contributed by atoms with Crippen LogP contribution in [0.4, 0.5) is 10.1 Å². The van der Waals surface area contributed by atoms with Crippen molar-refractivity contribution in [3.8, 4) is 11.5 Å². The predicted octanol–water partition coefficient (Wildman–Crippen LogP) is 3.45. The first-order valence-corrected chi connectivity index (χ1v) is 9.23. The minimum Gasteiger partial charge on any atom is -0.493 e. The molecule has 1 N–H and O–H groups in total. The summed E-state index contributed by atoms with van der Waals surface area (Å²) in [5, 5.41) is 2.25. The maximum Gasteiger partial charge on any atom is 0.270 e. The first-order valence-electron chi connectivity index (χ1n) is 8.82. The maximum atomic E-state index is 14.2. The van der Waals surface area contributed by atoms with Crippen LogP contribution in [-0.2, 0) is 9.59 Å². The van der Waals surface area contributed by atoms with E-state index >= 15 is 0 Å². The van der Waals surface area contributed by atoms with E-state index in [9.17, 15) is 14.0 Å². The molecule has 1 aliphatic rings. The summed E-state index contributed by atoms with van der Waals surface area (Å²) in [4.78, 5) is 26.3. The monoisotopic (exact) mass is 414 g/mol. The summed E-state index contributed by atoms with van der Waals surface area (Å²) in [6.45, 7) is 3.78. The van der Waals surface area contributed by atoms with Crippen molar-refractivity contribution >= 4 is 40.9 Å². The van der Waals surface area contributed by atoms with Crippen LogP contribution in [0.2, 0.25) is 0 Å². The Balaban J connectivity index is 2.00. The molecule has 1 heterocycles. The van der Waals surface area contributed by atoms with E-state index in [0.29, 0.717) is 17.1 Å². The van der Waals surface area contributed by atoms with Crippen LogP contribution in [0.5, 0.6) is 11.5 Å². The first-order chi connectivity index (χ1) is 13.8. The zero-order valence-corrected chi connectivity index (χ0v) is 16.9. The van der Waals surface area contributed by atoms with Gasteiger partial charge in [-0.05, 0) is 62.0 Å². The molecule has 1 saturated heterocycles. The summed E-state index contributed by atoms with van der Waals surface area (Å²) in [6, 6.07) is 10.7. The molecule has 0 radical (unpaired) electrons. The van der Waals surface area contributed by atoms with Crippen LogP contribution in [0.15, 0.2) is 48.0 Å². The Labute approximate surface area is 172 Å². The lowest BCUT2D eigenvalue weighted by atomic mass is 10.1. The van der Waals surface area contributed by atoms with E-state index in [0.717, 1.165) is 4.90 Å². The zero-order chi connectivity index (χ0) is 21.1. The number of thiocarbonyl (C=S) groups is 1. The Kier molecular flexibility index (Phi) is 5.93. The standard InChI is InChI=1S/C21H19FN2O4S/c1-12(2)28-17-9-8-13(11-18(17)27-3)10-14-19(25)23-21(29)24(20(14)26)16-7-5-4-6-15(16)22/h4-12H,1-3H3,(H,23,25,29)/b14-10+. The number of halogens is 1. The van der Waals surface area contributed by atoms with Crippen molar-refractivity contribution in [2.24, 2.45) is 0 Å². The third-order valence-electron chi connectivity index (χ3n) is 4.06. The van der Waals surface area contributed by atoms with Gasteiger partial charge in [-0.2, -0.15) is 0 Å². The SMILES string of the molecule is COc1cc(/C=C2\C(=O)NC(=S)N(c3ccccc3F)C2=O)ccc1OC(C)C. The number of hydrogen-bond donors (Lipinski definition) is 1. The first kappa shape index (κ1) is 20.5. The molecule has 2 aromatic rings. The minimum absolute atomic E-state index is 0.0355. The average Bonchev–Trinajstić information content (AvgIpc) is 2.67. The van der Waals surface area contributed by atoms with Crippen molar-refractivity contribution < 1.29 is 23.5 Å². The van der Waals surface area contributed by atoms with Crippen LogP contribution in [0.3, 0.4) is 0 Å². The van der Waals surface area contributed by atoms with Gasteiger partial charge < -0.3 is 9.47 Å². The Morgan fingerprint density at radius 3 is 2.52 bits per heavy atom. The average molecular weight is 414 g/mol. The number of para-hydroxylation sites is 1. The second-order valence-electron chi connectivity index (χ2n) is 6.49. The van der Waals surface area contributed by atoms with Crippen LogP contribution in [0, 0.1) is 5.82 Å². The summed E-state index contributed by atoms with van der Waals surface area (Å²) < 4.78 is 25.2. The molecule has 2 amide bonds. The fraction of sp³-hybridized carbons (Fsp3) is 0.190. The molecular weight excluding hydrogens is 395 g/mol. The summed E-state index contributed by atoms with van der Waals surface area (Å²) in [7, 11) is 1.50. The molecule has 1 aliphatic heterocycles. The third-order valence-corrected chi connectivity index (χ3v) is 4.34. The Hall–Kier alpha value is -3.26. The number of methoxy groups -OCH3 is 1. The number of nitrogens with one attached hydrogen (secondary N) is 1. The highest BCUT2D eigenvalue weighted by Gasteiger charge is 2.35. The second kappa shape index (κ2) is 8.40. The van der Waals surface area contributed by atoms with Gasteiger partial charge in [0, 0.05) is 0 Å². The molecule has 0 aromatic heterocycles. The van der Waals surface area contributed by atoms with E-state index < -0.39 is 17.6 Å². The molecule has 0 atom stereocenters. The van der Waals surface area contributed by atoms with Crippen molar-refractivity contribution in [3.63, 3.8) is 0 Å².